The monoisotopic (exact) mass is 546 g/mol. The summed E-state index contributed by atoms with van der Waals surface area (Å²) in [5.74, 6) is -0.149. The van der Waals surface area contributed by atoms with Gasteiger partial charge in [0.15, 0.2) is 0 Å². The number of nitrogens with zero attached hydrogens (tertiary/aromatic N) is 3. The molecule has 1 aromatic carbocycles. The van der Waals surface area contributed by atoms with Gasteiger partial charge in [0.1, 0.15) is 6.23 Å². The molecule has 2 N–H and O–H groups in total. The number of piperidine rings is 1. The summed E-state index contributed by atoms with van der Waals surface area (Å²) in [6.45, 7) is 5.58. The highest BCUT2D eigenvalue weighted by atomic mass is 35.5. The van der Waals surface area contributed by atoms with Crippen molar-refractivity contribution in [1.29, 1.82) is 5.26 Å². The van der Waals surface area contributed by atoms with Crippen LogP contribution in [0.25, 0.3) is 0 Å². The minimum Gasteiger partial charge on any atom is -0.377 e. The molecule has 2 aliphatic rings. The molecule has 0 radical (unpaired) electrons. The molecular weight excluding hydrogens is 515 g/mol. The molecule has 0 aliphatic carbocycles. The summed E-state index contributed by atoms with van der Waals surface area (Å²) in [4.78, 5) is 32.6. The van der Waals surface area contributed by atoms with Crippen molar-refractivity contribution in [2.45, 2.75) is 58.4 Å². The summed E-state index contributed by atoms with van der Waals surface area (Å²) in [6, 6.07) is 5.72. The average Bonchev–Trinajstić information content (AvgIpc) is 2.86. The number of pyridine rings is 1. The molecule has 2 unspecified atom stereocenters. The van der Waals surface area contributed by atoms with Gasteiger partial charge in [-0.05, 0) is 62.3 Å². The van der Waals surface area contributed by atoms with Gasteiger partial charge in [-0.2, -0.15) is 5.26 Å². The number of nitriles is 1. The highest BCUT2D eigenvalue weighted by Crippen LogP contribution is 2.42. The molecule has 198 valence electrons. The van der Waals surface area contributed by atoms with E-state index < -0.39 is 6.23 Å². The Bertz CT molecular complexity index is 1280. The standard InChI is InChI=1S/C27H32Cl2N4O4/c1-15-12-16(2)31-26(35)20(15)14-33-11-7-18-21(28)13-19(24(29)23(18)27(33)36)25(37-3)17-5-9-32(10-6-17)22(34)4-8-30/h12-13,17,22,25,34H,4-7,9-11,14H2,1-3H3,(H,31,35). The number of aryl methyl sites for hydroxylation is 2. The van der Waals surface area contributed by atoms with Crippen molar-refractivity contribution in [2.24, 2.45) is 5.92 Å². The number of aromatic amines is 1. The second-order valence-electron chi connectivity index (χ2n) is 9.91. The number of amides is 1. The Balaban J connectivity index is 1.60. The Hall–Kier alpha value is -2.41. The molecule has 1 amide bonds. The maximum Gasteiger partial charge on any atom is 0.256 e. The minimum atomic E-state index is -0.776. The second kappa shape index (κ2) is 11.5. The Morgan fingerprint density at radius 3 is 2.54 bits per heavy atom. The van der Waals surface area contributed by atoms with E-state index in [4.69, 9.17) is 33.2 Å². The number of ether oxygens (including phenoxy) is 1. The van der Waals surface area contributed by atoms with Gasteiger partial charge >= 0.3 is 0 Å². The van der Waals surface area contributed by atoms with Crippen molar-refractivity contribution in [1.82, 2.24) is 14.8 Å². The number of aromatic nitrogens is 1. The number of nitrogens with one attached hydrogen (secondary N) is 1. The van der Waals surface area contributed by atoms with Crippen LogP contribution < -0.4 is 5.56 Å². The number of rotatable bonds is 7. The molecule has 0 saturated carbocycles. The van der Waals surface area contributed by atoms with Gasteiger partial charge in [-0.25, -0.2) is 0 Å². The van der Waals surface area contributed by atoms with Crippen molar-refractivity contribution < 1.29 is 14.6 Å². The lowest BCUT2D eigenvalue weighted by atomic mass is 9.85. The number of halogens is 2. The van der Waals surface area contributed by atoms with Crippen molar-refractivity contribution in [2.75, 3.05) is 26.7 Å². The van der Waals surface area contributed by atoms with E-state index in [0.29, 0.717) is 52.8 Å². The van der Waals surface area contributed by atoms with E-state index in [2.05, 4.69) is 4.98 Å². The Labute approximate surface area is 226 Å². The first-order valence-corrected chi connectivity index (χ1v) is 13.2. The third kappa shape index (κ3) is 5.57. The largest absolute Gasteiger partial charge is 0.377 e. The summed E-state index contributed by atoms with van der Waals surface area (Å²) in [5.41, 5.74) is 3.74. The third-order valence-corrected chi connectivity index (χ3v) is 8.32. The zero-order chi connectivity index (χ0) is 26.9. The average molecular weight is 547 g/mol. The molecule has 3 heterocycles. The van der Waals surface area contributed by atoms with Crippen molar-refractivity contribution in [3.05, 3.63) is 66.0 Å². The van der Waals surface area contributed by atoms with Crippen LogP contribution in [0, 0.1) is 31.1 Å². The van der Waals surface area contributed by atoms with Crippen LogP contribution in [0.1, 0.15) is 63.7 Å². The van der Waals surface area contributed by atoms with Crippen LogP contribution in [0.3, 0.4) is 0 Å². The van der Waals surface area contributed by atoms with Gasteiger partial charge in [0.2, 0.25) is 0 Å². The van der Waals surface area contributed by atoms with E-state index in [1.165, 1.54) is 0 Å². The van der Waals surface area contributed by atoms with E-state index in [9.17, 15) is 14.7 Å². The summed E-state index contributed by atoms with van der Waals surface area (Å²) in [5, 5.41) is 19.9. The maximum absolute atomic E-state index is 13.7. The van der Waals surface area contributed by atoms with Gasteiger partial charge in [0.05, 0.1) is 35.7 Å². The number of carbonyl (C=O) groups is 1. The fourth-order valence-corrected chi connectivity index (χ4v) is 6.25. The van der Waals surface area contributed by atoms with Gasteiger partial charge in [-0.1, -0.05) is 23.2 Å². The number of methoxy groups -OCH3 is 1. The van der Waals surface area contributed by atoms with Crippen LogP contribution in [0.2, 0.25) is 10.0 Å². The predicted molar refractivity (Wildman–Crippen MR) is 142 cm³/mol. The van der Waals surface area contributed by atoms with E-state index >= 15 is 0 Å². The number of aliphatic hydroxyl groups excluding tert-OH is 1. The number of hydrogen-bond donors (Lipinski definition) is 2. The lowest BCUT2D eigenvalue weighted by Crippen LogP contribution is -2.42. The topological polar surface area (TPSA) is 110 Å². The molecule has 1 saturated heterocycles. The van der Waals surface area contributed by atoms with Crippen LogP contribution in [-0.2, 0) is 17.7 Å². The summed E-state index contributed by atoms with van der Waals surface area (Å²) in [6.07, 6.45) is 0.924. The van der Waals surface area contributed by atoms with Crippen molar-refractivity contribution in [3.8, 4) is 6.07 Å². The van der Waals surface area contributed by atoms with Gasteiger partial charge in [-0.3, -0.25) is 14.5 Å². The van der Waals surface area contributed by atoms with Gasteiger partial charge < -0.3 is 19.7 Å². The van der Waals surface area contributed by atoms with Crippen LogP contribution in [-0.4, -0.2) is 58.8 Å². The maximum atomic E-state index is 13.7. The van der Waals surface area contributed by atoms with Gasteiger partial charge in [0, 0.05) is 48.6 Å². The predicted octanol–water partition coefficient (Wildman–Crippen LogP) is 4.13. The Morgan fingerprint density at radius 2 is 1.92 bits per heavy atom. The number of hydrogen-bond acceptors (Lipinski definition) is 6. The van der Waals surface area contributed by atoms with Crippen LogP contribution in [0.15, 0.2) is 16.9 Å². The molecule has 0 bridgehead atoms. The molecule has 2 atom stereocenters. The lowest BCUT2D eigenvalue weighted by Gasteiger charge is -2.38. The normalized spacial score (nSPS) is 18.4. The molecule has 0 spiro atoms. The number of benzene rings is 1. The smallest absolute Gasteiger partial charge is 0.256 e. The Kier molecular flexibility index (Phi) is 8.62. The van der Waals surface area contributed by atoms with Crippen molar-refractivity contribution in [3.63, 3.8) is 0 Å². The van der Waals surface area contributed by atoms with Crippen LogP contribution in [0.4, 0.5) is 0 Å². The quantitative estimate of drug-likeness (QED) is 0.540. The van der Waals surface area contributed by atoms with E-state index in [1.54, 1.807) is 12.0 Å². The minimum absolute atomic E-state index is 0.0667. The summed E-state index contributed by atoms with van der Waals surface area (Å²) >= 11 is 13.6. The molecule has 8 nitrogen and oxygen atoms in total. The van der Waals surface area contributed by atoms with Gasteiger partial charge in [0.25, 0.3) is 11.5 Å². The van der Waals surface area contributed by atoms with E-state index in [1.807, 2.05) is 36.9 Å². The third-order valence-electron chi connectivity index (χ3n) is 7.58. The molecular formula is C27H32Cl2N4O4. The first-order valence-electron chi connectivity index (χ1n) is 12.5. The van der Waals surface area contributed by atoms with E-state index in [0.717, 1.165) is 29.7 Å². The molecule has 1 fully saturated rings. The molecule has 4 rings (SSSR count). The highest BCUT2D eigenvalue weighted by molar-refractivity contribution is 6.37. The number of likely N-dealkylation sites (tertiary alicyclic amines) is 1. The number of fused-ring (bicyclic) bond motifs is 1. The number of carbonyl (C=O) groups excluding carboxylic acids is 1. The SMILES string of the molecule is COC(c1cc(Cl)c2c(c1Cl)C(=O)N(Cc1c(C)cc(C)[nH]c1=O)CC2)C1CCN(C(O)CC#N)CC1. The number of H-pyrrole nitrogens is 1. The lowest BCUT2D eigenvalue weighted by molar-refractivity contribution is -0.0388. The first-order chi connectivity index (χ1) is 17.7. The Morgan fingerprint density at radius 1 is 1.22 bits per heavy atom. The highest BCUT2D eigenvalue weighted by Gasteiger charge is 2.36. The fourth-order valence-electron chi connectivity index (χ4n) is 5.59. The molecule has 37 heavy (non-hydrogen) atoms. The molecule has 10 heteroatoms. The number of aliphatic hydroxyl groups is 1. The van der Waals surface area contributed by atoms with Crippen molar-refractivity contribution >= 4 is 29.1 Å². The molecule has 1 aromatic heterocycles. The molecule has 2 aliphatic heterocycles. The zero-order valence-corrected chi connectivity index (χ0v) is 22.8. The second-order valence-corrected chi connectivity index (χ2v) is 10.7. The van der Waals surface area contributed by atoms with Crippen LogP contribution >= 0.6 is 23.2 Å². The fraction of sp³-hybridized carbons (Fsp3) is 0.519. The van der Waals surface area contributed by atoms with E-state index in [-0.39, 0.29) is 36.5 Å². The zero-order valence-electron chi connectivity index (χ0n) is 21.3. The van der Waals surface area contributed by atoms with Crippen LogP contribution in [0.5, 0.6) is 0 Å². The van der Waals surface area contributed by atoms with Gasteiger partial charge in [-0.15, -0.1) is 0 Å². The first kappa shape index (κ1) is 27.6. The summed E-state index contributed by atoms with van der Waals surface area (Å²) < 4.78 is 5.90. The molecule has 2 aromatic rings. The summed E-state index contributed by atoms with van der Waals surface area (Å²) in [7, 11) is 1.62.